The Bertz CT molecular complexity index is 1910. The van der Waals surface area contributed by atoms with Gasteiger partial charge in [0.25, 0.3) is 10.1 Å². The molecule has 5 aromatic rings. The van der Waals surface area contributed by atoms with Crippen molar-refractivity contribution in [2.75, 3.05) is 35.3 Å². The Hall–Kier alpha value is -3.59. The molecule has 0 saturated heterocycles. The van der Waals surface area contributed by atoms with Crippen LogP contribution < -0.4 is 44.7 Å². The summed E-state index contributed by atoms with van der Waals surface area (Å²) < 4.78 is 33.0. The summed E-state index contributed by atoms with van der Waals surface area (Å²) in [5.74, 6) is 0.0318. The molecule has 0 aliphatic rings. The van der Waals surface area contributed by atoms with E-state index in [4.69, 9.17) is 0 Å². The predicted octanol–water partition coefficient (Wildman–Crippen LogP) is 5.63. The van der Waals surface area contributed by atoms with Gasteiger partial charge in [0.15, 0.2) is 0 Å². The van der Waals surface area contributed by atoms with E-state index in [9.17, 15) is 13.0 Å². The van der Waals surface area contributed by atoms with Crippen molar-refractivity contribution in [2.24, 2.45) is 0 Å². The first-order chi connectivity index (χ1) is 22.6. The molecule has 6 nitrogen and oxygen atoms in total. The van der Waals surface area contributed by atoms with Crippen molar-refractivity contribution in [3.05, 3.63) is 154 Å². The Morgan fingerprint density at radius 1 is 0.750 bits per heavy atom. The Kier molecular flexibility index (Phi) is 12.9. The van der Waals surface area contributed by atoms with E-state index in [-0.39, 0.29) is 40.4 Å². The Labute approximate surface area is 308 Å². The fourth-order valence-electron chi connectivity index (χ4n) is 6.28. The van der Waals surface area contributed by atoms with Gasteiger partial charge in [-0.3, -0.25) is 4.55 Å². The van der Waals surface area contributed by atoms with Crippen LogP contribution in [0.1, 0.15) is 58.7 Å². The van der Waals surface area contributed by atoms with E-state index in [1.165, 1.54) is 51.2 Å². The van der Waals surface area contributed by atoms with E-state index in [0.29, 0.717) is 6.54 Å². The predicted molar refractivity (Wildman–Crippen MR) is 194 cm³/mol. The maximum Gasteiger partial charge on any atom is 1.00 e. The third-order valence-electron chi connectivity index (χ3n) is 8.87. The Morgan fingerprint density at radius 2 is 1.31 bits per heavy atom. The van der Waals surface area contributed by atoms with Crippen LogP contribution in [0.4, 0.5) is 17.1 Å². The largest absolute Gasteiger partial charge is 1.00 e. The smallest absolute Gasteiger partial charge is 0.388 e. The van der Waals surface area contributed by atoms with E-state index in [2.05, 4.69) is 122 Å². The van der Waals surface area contributed by atoms with Crippen molar-refractivity contribution in [1.82, 2.24) is 0 Å². The molecule has 5 rings (SSSR count). The first kappa shape index (κ1) is 37.2. The first-order valence-corrected chi connectivity index (χ1v) is 17.5. The van der Waals surface area contributed by atoms with Gasteiger partial charge in [0, 0.05) is 49.7 Å². The number of aryl methyl sites for hydroxylation is 2. The molecular formula is C40H44N3NaO3S. The molecule has 0 heterocycles. The van der Waals surface area contributed by atoms with Gasteiger partial charge in [-0.25, -0.2) is 0 Å². The minimum absolute atomic E-state index is 0. The fraction of sp³-hybridized carbons (Fsp3) is 0.250. The summed E-state index contributed by atoms with van der Waals surface area (Å²) >= 11 is 0. The monoisotopic (exact) mass is 669 g/mol. The van der Waals surface area contributed by atoms with E-state index < -0.39 is 10.1 Å². The molecule has 1 atom stereocenters. The zero-order chi connectivity index (χ0) is 33.6. The normalized spacial score (nSPS) is 11.8. The van der Waals surface area contributed by atoms with Crippen molar-refractivity contribution >= 4 is 27.2 Å². The number of rotatable bonds is 13. The maximum absolute atomic E-state index is 11.7. The number of hydrogen-bond donors (Lipinski definition) is 2. The van der Waals surface area contributed by atoms with Crippen molar-refractivity contribution in [2.45, 2.75) is 51.6 Å². The van der Waals surface area contributed by atoms with Gasteiger partial charge in [-0.15, -0.1) is 5.56 Å². The van der Waals surface area contributed by atoms with Gasteiger partial charge in [0.1, 0.15) is 0 Å². The molecule has 0 saturated carbocycles. The molecule has 8 heteroatoms. The second-order valence-corrected chi connectivity index (χ2v) is 13.4. The average Bonchev–Trinajstić information content (AvgIpc) is 3.08. The number of nitrogens with zero attached hydrogens (tertiary/aromatic N) is 2. The van der Waals surface area contributed by atoms with Crippen molar-refractivity contribution in [1.29, 1.82) is 0 Å². The van der Waals surface area contributed by atoms with E-state index in [1.54, 1.807) is 6.07 Å². The molecule has 0 radical (unpaired) electrons. The van der Waals surface area contributed by atoms with Crippen molar-refractivity contribution < 1.29 is 42.5 Å². The second-order valence-electron chi connectivity index (χ2n) is 11.9. The molecule has 0 aliphatic carbocycles. The zero-order valence-electron chi connectivity index (χ0n) is 28.9. The molecule has 0 fully saturated rings. The third-order valence-corrected chi connectivity index (χ3v) is 9.72. The Morgan fingerprint density at radius 3 is 1.79 bits per heavy atom. The summed E-state index contributed by atoms with van der Waals surface area (Å²) in [4.78, 5) is 4.51. The zero-order valence-corrected chi connectivity index (χ0v) is 31.7. The average molecular weight is 670 g/mol. The van der Waals surface area contributed by atoms with Crippen LogP contribution in [0.3, 0.4) is 0 Å². The molecule has 0 bridgehead atoms. The summed E-state index contributed by atoms with van der Waals surface area (Å²) in [6.07, 6.45) is 0. The molecule has 0 amide bonds. The van der Waals surface area contributed by atoms with Crippen LogP contribution in [0, 0.1) is 19.9 Å². The standard InChI is InChI=1S/C40H44N3O3S.Na/c1-6-42(27-31-12-9-8-10-13-31)35-20-22-38(29(3)24-35)40(33-16-18-34(41-5)19-17-33)39-23-21-36(25-30(39)4)43(7-2)28-32-14-11-15-37(26-32)47(44,45)46;/h8-9,11-26,40-41H,6-7,27-28H2,1-5H3,(H,44,45,46);/q-1;+1. The number of benzene rings is 5. The Balaban J connectivity index is 0.00000520. The summed E-state index contributed by atoms with van der Waals surface area (Å²) in [5.41, 5.74) is 11.5. The molecule has 48 heavy (non-hydrogen) atoms. The summed E-state index contributed by atoms with van der Waals surface area (Å²) in [6.45, 7) is 11.6. The molecule has 0 aromatic heterocycles. The summed E-state index contributed by atoms with van der Waals surface area (Å²) in [6, 6.07) is 40.0. The van der Waals surface area contributed by atoms with Gasteiger partial charge in [0.2, 0.25) is 0 Å². The van der Waals surface area contributed by atoms with Crippen LogP contribution in [-0.2, 0) is 23.2 Å². The summed E-state index contributed by atoms with van der Waals surface area (Å²) in [5, 5.41) is 3.24. The molecule has 1 unspecified atom stereocenters. The topological polar surface area (TPSA) is 72.9 Å². The van der Waals surface area contributed by atoms with Crippen LogP contribution in [0.15, 0.2) is 114 Å². The van der Waals surface area contributed by atoms with Crippen LogP contribution in [-0.4, -0.2) is 33.1 Å². The number of nitrogens with one attached hydrogen (secondary N) is 1. The van der Waals surface area contributed by atoms with Crippen molar-refractivity contribution in [3.63, 3.8) is 0 Å². The van der Waals surface area contributed by atoms with Crippen LogP contribution in [0.25, 0.3) is 0 Å². The fourth-order valence-corrected chi connectivity index (χ4v) is 6.83. The molecule has 5 aromatic carbocycles. The molecule has 0 spiro atoms. The molecular weight excluding hydrogens is 626 g/mol. The minimum Gasteiger partial charge on any atom is -0.388 e. The van der Waals surface area contributed by atoms with Gasteiger partial charge in [0.05, 0.1) is 4.90 Å². The minimum atomic E-state index is -4.27. The van der Waals surface area contributed by atoms with Crippen LogP contribution in [0.5, 0.6) is 0 Å². The van der Waals surface area contributed by atoms with Gasteiger partial charge in [-0.2, -0.15) is 38.7 Å². The molecule has 0 aliphatic heterocycles. The quantitative estimate of drug-likeness (QED) is 0.0734. The van der Waals surface area contributed by atoms with Crippen LogP contribution >= 0.6 is 0 Å². The first-order valence-electron chi connectivity index (χ1n) is 16.1. The van der Waals surface area contributed by atoms with Crippen LogP contribution in [0.2, 0.25) is 0 Å². The van der Waals surface area contributed by atoms with E-state index >= 15 is 0 Å². The molecule has 2 N–H and O–H groups in total. The van der Waals surface area contributed by atoms with Gasteiger partial charge in [-0.1, -0.05) is 36.4 Å². The maximum atomic E-state index is 11.7. The van der Waals surface area contributed by atoms with Crippen molar-refractivity contribution in [3.8, 4) is 0 Å². The van der Waals surface area contributed by atoms with E-state index in [1.807, 2.05) is 25.2 Å². The molecule has 244 valence electrons. The third kappa shape index (κ3) is 8.90. The van der Waals surface area contributed by atoms with E-state index in [0.717, 1.165) is 36.6 Å². The second kappa shape index (κ2) is 16.7. The number of hydrogen-bond acceptors (Lipinski definition) is 5. The SMILES string of the molecule is CCN(Cc1c[c-]ccc1)c1ccc(C(c2ccc(NC)cc2)c2ccc(N(CC)Cc3cccc(S(=O)(=O)O)c3)cc2C)c(C)c1.[Na+]. The van der Waals surface area contributed by atoms with Gasteiger partial charge < -0.3 is 15.1 Å². The van der Waals surface area contributed by atoms with Gasteiger partial charge in [-0.05, 0) is 116 Å². The number of anilines is 3. The van der Waals surface area contributed by atoms with Gasteiger partial charge >= 0.3 is 29.6 Å². The summed E-state index contributed by atoms with van der Waals surface area (Å²) in [7, 11) is -2.33.